The minimum Gasteiger partial charge on any atom is -0.397 e. The summed E-state index contributed by atoms with van der Waals surface area (Å²) < 4.78 is 0. The lowest BCUT2D eigenvalue weighted by atomic mass is 9.96. The molecule has 0 unspecified atom stereocenters. The first-order valence-electron chi connectivity index (χ1n) is 10.2. The van der Waals surface area contributed by atoms with Gasteiger partial charge in [0.1, 0.15) is 15.4 Å². The number of rotatable bonds is 4. The Bertz CT molecular complexity index is 1410. The standard InChI is InChI=1S/C26H20N4OS/c1-16-12-14-19(15-13-16)28-25(31)24-22(27)21-20(17-8-4-2-5-9-17)23(29-30-26(21)32-24)18-10-6-3-7-11-18/h2-15H,27H2,1H3,(H,28,31). The first-order chi connectivity index (χ1) is 15.6. The molecule has 156 valence electrons. The number of nitrogens with two attached hydrogens (primary N) is 1. The molecule has 0 bridgehead atoms. The van der Waals surface area contributed by atoms with Crippen LogP contribution in [0.25, 0.3) is 32.6 Å². The smallest absolute Gasteiger partial charge is 0.267 e. The van der Waals surface area contributed by atoms with Crippen LogP contribution in [0.5, 0.6) is 0 Å². The Morgan fingerprint density at radius 2 is 1.47 bits per heavy atom. The second-order valence-corrected chi connectivity index (χ2v) is 8.50. The van der Waals surface area contributed by atoms with Crippen molar-refractivity contribution in [3.63, 3.8) is 0 Å². The summed E-state index contributed by atoms with van der Waals surface area (Å²) in [6.07, 6.45) is 0. The van der Waals surface area contributed by atoms with Gasteiger partial charge in [0.2, 0.25) is 0 Å². The molecule has 6 heteroatoms. The van der Waals surface area contributed by atoms with Crippen molar-refractivity contribution in [2.45, 2.75) is 6.92 Å². The van der Waals surface area contributed by atoms with E-state index in [1.54, 1.807) is 0 Å². The Kier molecular flexibility index (Phi) is 5.13. The number of fused-ring (bicyclic) bond motifs is 1. The number of nitrogen functional groups attached to an aromatic ring is 1. The predicted octanol–water partition coefficient (Wildman–Crippen LogP) is 6.17. The van der Waals surface area contributed by atoms with E-state index in [2.05, 4.69) is 15.5 Å². The summed E-state index contributed by atoms with van der Waals surface area (Å²) in [5, 5.41) is 12.7. The number of nitrogens with zero attached hydrogens (tertiary/aromatic N) is 2. The summed E-state index contributed by atoms with van der Waals surface area (Å²) >= 11 is 1.26. The maximum atomic E-state index is 13.1. The van der Waals surface area contributed by atoms with Crippen LogP contribution >= 0.6 is 11.3 Å². The van der Waals surface area contributed by atoms with Gasteiger partial charge < -0.3 is 11.1 Å². The molecule has 5 aromatic rings. The molecule has 0 aliphatic rings. The van der Waals surface area contributed by atoms with Crippen molar-refractivity contribution in [2.24, 2.45) is 0 Å². The molecule has 3 aromatic carbocycles. The molecule has 3 N–H and O–H groups in total. The van der Waals surface area contributed by atoms with Crippen LogP contribution in [0.3, 0.4) is 0 Å². The fourth-order valence-corrected chi connectivity index (χ4v) is 4.63. The lowest BCUT2D eigenvalue weighted by Crippen LogP contribution is -2.11. The first kappa shape index (κ1) is 19.9. The molecule has 0 fully saturated rings. The van der Waals surface area contributed by atoms with Crippen molar-refractivity contribution in [1.82, 2.24) is 10.2 Å². The molecule has 2 aromatic heterocycles. The number of nitrogens with one attached hydrogen (secondary N) is 1. The van der Waals surface area contributed by atoms with Crippen LogP contribution in [-0.2, 0) is 0 Å². The van der Waals surface area contributed by atoms with Gasteiger partial charge in [0.25, 0.3) is 5.91 Å². The lowest BCUT2D eigenvalue weighted by Gasteiger charge is -2.11. The Morgan fingerprint density at radius 3 is 2.12 bits per heavy atom. The topological polar surface area (TPSA) is 80.9 Å². The van der Waals surface area contributed by atoms with Crippen molar-refractivity contribution in [2.75, 3.05) is 11.1 Å². The van der Waals surface area contributed by atoms with Crippen LogP contribution in [0.1, 0.15) is 15.2 Å². The maximum Gasteiger partial charge on any atom is 0.267 e. The molecule has 5 nitrogen and oxygen atoms in total. The summed E-state index contributed by atoms with van der Waals surface area (Å²) in [6.45, 7) is 2.00. The highest BCUT2D eigenvalue weighted by atomic mass is 32.1. The van der Waals surface area contributed by atoms with E-state index in [9.17, 15) is 4.79 Å². The summed E-state index contributed by atoms with van der Waals surface area (Å²) in [5.74, 6) is -0.255. The second-order valence-electron chi connectivity index (χ2n) is 7.50. The van der Waals surface area contributed by atoms with E-state index in [0.29, 0.717) is 15.4 Å². The van der Waals surface area contributed by atoms with Gasteiger partial charge in [0.05, 0.1) is 5.69 Å². The van der Waals surface area contributed by atoms with Gasteiger partial charge in [-0.05, 0) is 24.6 Å². The van der Waals surface area contributed by atoms with Gasteiger partial charge in [-0.2, -0.15) is 0 Å². The minimum absolute atomic E-state index is 0.255. The third-order valence-electron chi connectivity index (χ3n) is 5.28. The molecule has 0 aliphatic carbocycles. The van der Waals surface area contributed by atoms with E-state index >= 15 is 0 Å². The first-order valence-corrected chi connectivity index (χ1v) is 11.0. The molecular formula is C26H20N4OS. The van der Waals surface area contributed by atoms with Gasteiger partial charge >= 0.3 is 0 Å². The van der Waals surface area contributed by atoms with Gasteiger partial charge in [0.15, 0.2) is 0 Å². The van der Waals surface area contributed by atoms with E-state index in [0.717, 1.165) is 39.0 Å². The third-order valence-corrected chi connectivity index (χ3v) is 6.37. The molecule has 2 heterocycles. The highest BCUT2D eigenvalue weighted by Gasteiger charge is 2.23. The molecule has 0 spiro atoms. The van der Waals surface area contributed by atoms with Crippen LogP contribution in [0.4, 0.5) is 11.4 Å². The number of benzene rings is 3. The summed E-state index contributed by atoms with van der Waals surface area (Å²) in [7, 11) is 0. The number of thiophene rings is 1. The predicted molar refractivity (Wildman–Crippen MR) is 132 cm³/mol. The molecule has 32 heavy (non-hydrogen) atoms. The number of carbonyl (C=O) groups is 1. The van der Waals surface area contributed by atoms with E-state index in [4.69, 9.17) is 5.73 Å². The number of aromatic nitrogens is 2. The Balaban J connectivity index is 1.68. The fourth-order valence-electron chi connectivity index (χ4n) is 3.68. The monoisotopic (exact) mass is 436 g/mol. The van der Waals surface area contributed by atoms with E-state index in [1.165, 1.54) is 11.3 Å². The van der Waals surface area contributed by atoms with Crippen molar-refractivity contribution in [3.8, 4) is 22.4 Å². The van der Waals surface area contributed by atoms with Gasteiger partial charge in [-0.3, -0.25) is 4.79 Å². The zero-order valence-corrected chi connectivity index (χ0v) is 18.2. The van der Waals surface area contributed by atoms with Crippen LogP contribution in [-0.4, -0.2) is 16.1 Å². The molecule has 0 aliphatic heterocycles. The fraction of sp³-hybridized carbons (Fsp3) is 0.0385. The molecule has 0 saturated heterocycles. The van der Waals surface area contributed by atoms with Crippen LogP contribution in [0, 0.1) is 6.92 Å². The molecule has 0 saturated carbocycles. The Labute approximate surface area is 189 Å². The number of hydrogen-bond donors (Lipinski definition) is 2. The summed E-state index contributed by atoms with van der Waals surface area (Å²) in [4.78, 5) is 14.1. The Hall–Kier alpha value is -4.03. The highest BCUT2D eigenvalue weighted by molar-refractivity contribution is 7.21. The molecule has 1 amide bonds. The minimum atomic E-state index is -0.255. The molecule has 5 rings (SSSR count). The van der Waals surface area contributed by atoms with Crippen molar-refractivity contribution < 1.29 is 4.79 Å². The molecule has 0 radical (unpaired) electrons. The van der Waals surface area contributed by atoms with Gasteiger partial charge in [0, 0.05) is 22.2 Å². The second kappa shape index (κ2) is 8.24. The SMILES string of the molecule is Cc1ccc(NC(=O)c2sc3nnc(-c4ccccc4)c(-c4ccccc4)c3c2N)cc1. The summed E-state index contributed by atoms with van der Waals surface area (Å²) in [6, 6.07) is 27.5. The highest BCUT2D eigenvalue weighted by Crippen LogP contribution is 2.43. The number of anilines is 2. The van der Waals surface area contributed by atoms with E-state index in [1.807, 2.05) is 91.9 Å². The van der Waals surface area contributed by atoms with Crippen LogP contribution in [0.2, 0.25) is 0 Å². The van der Waals surface area contributed by atoms with Gasteiger partial charge in [-0.15, -0.1) is 21.5 Å². The largest absolute Gasteiger partial charge is 0.397 e. The average Bonchev–Trinajstić information content (AvgIpc) is 3.18. The van der Waals surface area contributed by atoms with Gasteiger partial charge in [-0.25, -0.2) is 0 Å². The number of amides is 1. The number of hydrogen-bond acceptors (Lipinski definition) is 5. The Morgan fingerprint density at radius 1 is 0.844 bits per heavy atom. The average molecular weight is 437 g/mol. The molecule has 0 atom stereocenters. The van der Waals surface area contributed by atoms with Gasteiger partial charge in [-0.1, -0.05) is 78.4 Å². The quantitative estimate of drug-likeness (QED) is 0.353. The van der Waals surface area contributed by atoms with Crippen molar-refractivity contribution in [1.29, 1.82) is 0 Å². The molecular weight excluding hydrogens is 416 g/mol. The maximum absolute atomic E-state index is 13.1. The normalized spacial score (nSPS) is 10.9. The zero-order chi connectivity index (χ0) is 22.1. The van der Waals surface area contributed by atoms with Crippen LogP contribution < -0.4 is 11.1 Å². The van der Waals surface area contributed by atoms with Crippen molar-refractivity contribution >= 4 is 38.8 Å². The summed E-state index contributed by atoms with van der Waals surface area (Å²) in [5.41, 5.74) is 12.4. The van der Waals surface area contributed by atoms with E-state index < -0.39 is 0 Å². The third kappa shape index (κ3) is 3.61. The van der Waals surface area contributed by atoms with E-state index in [-0.39, 0.29) is 5.91 Å². The number of carbonyl (C=O) groups excluding carboxylic acids is 1. The van der Waals surface area contributed by atoms with Crippen LogP contribution in [0.15, 0.2) is 84.9 Å². The van der Waals surface area contributed by atoms with Crippen molar-refractivity contribution in [3.05, 3.63) is 95.4 Å². The zero-order valence-electron chi connectivity index (χ0n) is 17.4. The lowest BCUT2D eigenvalue weighted by molar-refractivity contribution is 0.103. The number of aryl methyl sites for hydroxylation is 1.